The van der Waals surface area contributed by atoms with Crippen molar-refractivity contribution in [2.45, 2.75) is 13.5 Å². The van der Waals surface area contributed by atoms with Crippen molar-refractivity contribution in [2.24, 2.45) is 0 Å². The van der Waals surface area contributed by atoms with Crippen LogP contribution in [0.4, 0.5) is 0 Å². The second-order valence-electron chi connectivity index (χ2n) is 7.67. The van der Waals surface area contributed by atoms with E-state index in [9.17, 15) is 19.8 Å². The molecule has 1 heterocycles. The van der Waals surface area contributed by atoms with Crippen LogP contribution in [0.25, 0.3) is 17.1 Å². The summed E-state index contributed by atoms with van der Waals surface area (Å²) in [4.78, 5) is 27.0. The van der Waals surface area contributed by atoms with Crippen LogP contribution in [-0.2, 0) is 6.54 Å². The number of phenolic OH excluding ortho intramolecular Hbond substituents is 2. The van der Waals surface area contributed by atoms with Gasteiger partial charge in [-0.2, -0.15) is 5.10 Å². The lowest BCUT2D eigenvalue weighted by molar-refractivity contribution is 0.0782. The van der Waals surface area contributed by atoms with Gasteiger partial charge in [0.1, 0.15) is 11.5 Å². The Morgan fingerprint density at radius 1 is 1.09 bits per heavy atom. The van der Waals surface area contributed by atoms with Gasteiger partial charge in [-0.05, 0) is 30.7 Å². The number of aromatic hydroxyl groups is 2. The number of hydrogen-bond donors (Lipinski definition) is 3. The van der Waals surface area contributed by atoms with Crippen molar-refractivity contribution in [1.82, 2.24) is 19.7 Å². The van der Waals surface area contributed by atoms with Crippen molar-refractivity contribution >= 4 is 17.5 Å². The van der Waals surface area contributed by atoms with Gasteiger partial charge < -0.3 is 15.1 Å². The first-order valence-corrected chi connectivity index (χ1v) is 10.4. The molecule has 4 aromatic rings. The third-order valence-corrected chi connectivity index (χ3v) is 5.56. The standard InChI is InChI=1S/C24H21ClN4O4/c1-14-7-9-15(10-8-14)13-28(2)23(32)17-11-16(20(30)12-21(17)31)22-26-27-24(33)29(22)19-6-4-3-5-18(19)25/h3-12,30-31H,13H2,1-2H3,(H,27,33). The molecule has 0 unspecified atom stereocenters. The Balaban J connectivity index is 1.75. The Kier molecular flexibility index (Phi) is 5.93. The molecule has 0 aliphatic rings. The number of aromatic nitrogens is 3. The highest BCUT2D eigenvalue weighted by molar-refractivity contribution is 6.32. The van der Waals surface area contributed by atoms with Crippen molar-refractivity contribution in [3.8, 4) is 28.6 Å². The van der Waals surface area contributed by atoms with Gasteiger partial charge in [-0.3, -0.25) is 4.79 Å². The number of aromatic amines is 1. The Hall–Kier alpha value is -4.04. The molecule has 3 N–H and O–H groups in total. The number of hydrogen-bond acceptors (Lipinski definition) is 5. The number of phenols is 2. The van der Waals surface area contributed by atoms with Crippen LogP contribution in [0.15, 0.2) is 65.5 Å². The first-order valence-electron chi connectivity index (χ1n) is 10.1. The summed E-state index contributed by atoms with van der Waals surface area (Å²) in [5.74, 6) is -1.16. The number of nitrogens with zero attached hydrogens (tertiary/aromatic N) is 3. The fraction of sp³-hybridized carbons (Fsp3) is 0.125. The first-order chi connectivity index (χ1) is 15.8. The molecule has 3 aromatic carbocycles. The molecular formula is C24H21ClN4O4. The van der Waals surface area contributed by atoms with Crippen LogP contribution >= 0.6 is 11.6 Å². The van der Waals surface area contributed by atoms with Crippen LogP contribution in [0.1, 0.15) is 21.5 Å². The largest absolute Gasteiger partial charge is 0.507 e. The van der Waals surface area contributed by atoms with E-state index < -0.39 is 11.6 Å². The fourth-order valence-corrected chi connectivity index (χ4v) is 3.73. The van der Waals surface area contributed by atoms with E-state index in [1.165, 1.54) is 15.5 Å². The maximum absolute atomic E-state index is 13.1. The number of halogens is 1. The van der Waals surface area contributed by atoms with Crippen LogP contribution in [0.5, 0.6) is 11.5 Å². The third-order valence-electron chi connectivity index (χ3n) is 5.24. The number of rotatable bonds is 5. The van der Waals surface area contributed by atoms with Gasteiger partial charge in [0.25, 0.3) is 5.91 Å². The highest BCUT2D eigenvalue weighted by atomic mass is 35.5. The van der Waals surface area contributed by atoms with Gasteiger partial charge in [0.15, 0.2) is 5.82 Å². The van der Waals surface area contributed by atoms with Crippen molar-refractivity contribution in [3.05, 3.63) is 92.9 Å². The van der Waals surface area contributed by atoms with Gasteiger partial charge in [-0.25, -0.2) is 14.5 Å². The normalized spacial score (nSPS) is 10.9. The minimum atomic E-state index is -0.574. The lowest BCUT2D eigenvalue weighted by Gasteiger charge is -2.19. The summed E-state index contributed by atoms with van der Waals surface area (Å²) in [5.41, 5.74) is 1.85. The Morgan fingerprint density at radius 2 is 1.79 bits per heavy atom. The van der Waals surface area contributed by atoms with E-state index in [2.05, 4.69) is 10.2 Å². The predicted octanol–water partition coefficient (Wildman–Crippen LogP) is 3.87. The minimum Gasteiger partial charge on any atom is -0.507 e. The highest BCUT2D eigenvalue weighted by Crippen LogP contribution is 2.35. The Morgan fingerprint density at radius 3 is 2.48 bits per heavy atom. The number of aryl methyl sites for hydroxylation is 1. The summed E-state index contributed by atoms with van der Waals surface area (Å²) in [6, 6.07) is 16.8. The molecule has 8 nitrogen and oxygen atoms in total. The molecular weight excluding hydrogens is 444 g/mol. The zero-order valence-corrected chi connectivity index (χ0v) is 18.7. The third kappa shape index (κ3) is 4.33. The van der Waals surface area contributed by atoms with E-state index in [-0.39, 0.29) is 28.5 Å². The molecule has 9 heteroatoms. The van der Waals surface area contributed by atoms with Gasteiger partial charge >= 0.3 is 5.69 Å². The number of nitrogens with one attached hydrogen (secondary N) is 1. The van der Waals surface area contributed by atoms with Crippen LogP contribution in [0, 0.1) is 6.92 Å². The van der Waals surface area contributed by atoms with Gasteiger partial charge in [0.2, 0.25) is 0 Å². The average Bonchev–Trinajstić information content (AvgIpc) is 3.16. The quantitative estimate of drug-likeness (QED) is 0.415. The molecule has 1 aromatic heterocycles. The molecule has 0 saturated heterocycles. The SMILES string of the molecule is Cc1ccc(CN(C)C(=O)c2cc(-c3n[nH]c(=O)n3-c3ccccc3Cl)c(O)cc2O)cc1. The van der Waals surface area contributed by atoms with E-state index in [0.717, 1.165) is 17.2 Å². The van der Waals surface area contributed by atoms with Crippen LogP contribution < -0.4 is 5.69 Å². The van der Waals surface area contributed by atoms with Gasteiger partial charge in [0, 0.05) is 19.7 Å². The molecule has 0 saturated carbocycles. The van der Waals surface area contributed by atoms with E-state index >= 15 is 0 Å². The lowest BCUT2D eigenvalue weighted by Crippen LogP contribution is -2.26. The fourth-order valence-electron chi connectivity index (χ4n) is 3.51. The van der Waals surface area contributed by atoms with Gasteiger partial charge in [0.05, 0.1) is 21.8 Å². The van der Waals surface area contributed by atoms with Gasteiger partial charge in [-0.15, -0.1) is 0 Å². The Labute approximate surface area is 194 Å². The molecule has 0 spiro atoms. The minimum absolute atomic E-state index is 0.0424. The zero-order valence-electron chi connectivity index (χ0n) is 17.9. The first kappa shape index (κ1) is 22.2. The number of amides is 1. The van der Waals surface area contributed by atoms with E-state index in [4.69, 9.17) is 11.6 Å². The second-order valence-corrected chi connectivity index (χ2v) is 8.08. The Bertz CT molecular complexity index is 1390. The maximum atomic E-state index is 13.1. The molecule has 0 fully saturated rings. The van der Waals surface area contributed by atoms with E-state index in [0.29, 0.717) is 17.3 Å². The molecule has 0 atom stereocenters. The topological polar surface area (TPSA) is 111 Å². The zero-order chi connectivity index (χ0) is 23.7. The molecule has 4 rings (SSSR count). The summed E-state index contributed by atoms with van der Waals surface area (Å²) < 4.78 is 1.19. The average molecular weight is 465 g/mol. The smallest absolute Gasteiger partial charge is 0.348 e. The molecule has 0 aliphatic heterocycles. The summed E-state index contributed by atoms with van der Waals surface area (Å²) in [6.07, 6.45) is 0. The number of benzene rings is 3. The molecule has 0 radical (unpaired) electrons. The molecule has 0 aliphatic carbocycles. The maximum Gasteiger partial charge on any atom is 0.348 e. The lowest BCUT2D eigenvalue weighted by atomic mass is 10.1. The van der Waals surface area contributed by atoms with Crippen molar-refractivity contribution < 1.29 is 15.0 Å². The number of carbonyl (C=O) groups excluding carboxylic acids is 1. The number of carbonyl (C=O) groups is 1. The van der Waals surface area contributed by atoms with Crippen LogP contribution in [-0.4, -0.2) is 42.8 Å². The molecule has 33 heavy (non-hydrogen) atoms. The van der Waals surface area contributed by atoms with Crippen molar-refractivity contribution in [2.75, 3.05) is 7.05 Å². The summed E-state index contributed by atoms with van der Waals surface area (Å²) in [6.45, 7) is 2.30. The predicted molar refractivity (Wildman–Crippen MR) is 125 cm³/mol. The van der Waals surface area contributed by atoms with Gasteiger partial charge in [-0.1, -0.05) is 53.6 Å². The number of H-pyrrole nitrogens is 1. The molecule has 168 valence electrons. The summed E-state index contributed by atoms with van der Waals surface area (Å²) in [5, 5.41) is 27.6. The molecule has 1 amide bonds. The van der Waals surface area contributed by atoms with Crippen molar-refractivity contribution in [3.63, 3.8) is 0 Å². The summed E-state index contributed by atoms with van der Waals surface area (Å²) >= 11 is 6.26. The molecule has 0 bridgehead atoms. The van der Waals surface area contributed by atoms with Crippen LogP contribution in [0.3, 0.4) is 0 Å². The number of para-hydroxylation sites is 1. The van der Waals surface area contributed by atoms with Crippen molar-refractivity contribution in [1.29, 1.82) is 0 Å². The van der Waals surface area contributed by atoms with E-state index in [1.54, 1.807) is 31.3 Å². The van der Waals surface area contributed by atoms with Crippen LogP contribution in [0.2, 0.25) is 5.02 Å². The second kappa shape index (κ2) is 8.84. The summed E-state index contributed by atoms with van der Waals surface area (Å²) in [7, 11) is 1.61. The monoisotopic (exact) mass is 464 g/mol. The highest BCUT2D eigenvalue weighted by Gasteiger charge is 2.23. The van der Waals surface area contributed by atoms with E-state index in [1.807, 2.05) is 31.2 Å².